The first-order valence-corrected chi connectivity index (χ1v) is 12.6. The van der Waals surface area contributed by atoms with E-state index in [-0.39, 0.29) is 10.9 Å². The molecule has 3 heterocycles. The van der Waals surface area contributed by atoms with Crippen LogP contribution in [0.15, 0.2) is 76.5 Å². The van der Waals surface area contributed by atoms with E-state index in [2.05, 4.69) is 14.6 Å². The van der Waals surface area contributed by atoms with Gasteiger partial charge in [-0.15, -0.1) is 0 Å². The van der Waals surface area contributed by atoms with Crippen LogP contribution in [-0.2, 0) is 16.4 Å². The van der Waals surface area contributed by atoms with Gasteiger partial charge < -0.3 is 9.32 Å². The van der Waals surface area contributed by atoms with Crippen molar-refractivity contribution in [2.45, 2.75) is 36.4 Å². The molecule has 1 atom stereocenters. The number of fused-ring (bicyclic) bond motifs is 2. The van der Waals surface area contributed by atoms with Crippen molar-refractivity contribution in [2.24, 2.45) is 0 Å². The van der Waals surface area contributed by atoms with Crippen LogP contribution < -0.4 is 4.72 Å². The smallest absolute Gasteiger partial charge is 0.241 e. The second-order valence-electron chi connectivity index (χ2n) is 8.61. The molecule has 1 N–H and O–H groups in total. The second kappa shape index (κ2) is 9.21. The molecule has 1 saturated heterocycles. The van der Waals surface area contributed by atoms with Crippen LogP contribution in [0.5, 0.6) is 0 Å². The molecule has 0 amide bonds. The van der Waals surface area contributed by atoms with Gasteiger partial charge in [0.1, 0.15) is 11.8 Å². The first-order valence-electron chi connectivity index (χ1n) is 11.2. The maximum absolute atomic E-state index is 14.8. The summed E-state index contributed by atoms with van der Waals surface area (Å²) in [5.74, 6) is 0. The summed E-state index contributed by atoms with van der Waals surface area (Å²) in [4.78, 5) is 6.40. The number of hydrogen-bond acceptors (Lipinski definition) is 5. The molecule has 4 aromatic rings. The fourth-order valence-electron chi connectivity index (χ4n) is 4.62. The fourth-order valence-corrected chi connectivity index (χ4v) is 6.15. The molecule has 6 nitrogen and oxygen atoms in total. The highest BCUT2D eigenvalue weighted by Crippen LogP contribution is 2.25. The SMILES string of the molecule is O=S(=O)(NC1CCN(CC(F)Cc2coc3ccccc23)CC1)c1cccc2cnccc12. The highest BCUT2D eigenvalue weighted by atomic mass is 32.2. The lowest BCUT2D eigenvalue weighted by molar-refractivity contribution is 0.154. The molecular weight excluding hydrogens is 441 g/mol. The summed E-state index contributed by atoms with van der Waals surface area (Å²) in [5.41, 5.74) is 1.65. The highest BCUT2D eigenvalue weighted by Gasteiger charge is 2.27. The predicted molar refractivity (Wildman–Crippen MR) is 126 cm³/mol. The van der Waals surface area contributed by atoms with Crippen molar-refractivity contribution in [1.29, 1.82) is 0 Å². The van der Waals surface area contributed by atoms with Crippen LogP contribution in [-0.4, -0.2) is 50.1 Å². The van der Waals surface area contributed by atoms with Crippen LogP contribution in [0.3, 0.4) is 0 Å². The monoisotopic (exact) mass is 467 g/mol. The number of nitrogens with one attached hydrogen (secondary N) is 1. The van der Waals surface area contributed by atoms with Crippen LogP contribution in [0.4, 0.5) is 4.39 Å². The highest BCUT2D eigenvalue weighted by molar-refractivity contribution is 7.89. The Morgan fingerprint density at radius 1 is 1.09 bits per heavy atom. The number of nitrogens with zero attached hydrogens (tertiary/aromatic N) is 2. The van der Waals surface area contributed by atoms with Crippen molar-refractivity contribution in [3.05, 3.63) is 72.8 Å². The first kappa shape index (κ1) is 22.0. The van der Waals surface area contributed by atoms with Gasteiger partial charge in [0.25, 0.3) is 0 Å². The zero-order chi connectivity index (χ0) is 22.8. The Morgan fingerprint density at radius 3 is 2.76 bits per heavy atom. The van der Waals surface area contributed by atoms with Crippen molar-refractivity contribution in [1.82, 2.24) is 14.6 Å². The van der Waals surface area contributed by atoms with E-state index in [1.54, 1.807) is 36.9 Å². The predicted octanol–water partition coefficient (Wildman–Crippen LogP) is 4.30. The molecule has 0 spiro atoms. The van der Waals surface area contributed by atoms with Crippen LogP contribution in [0, 0.1) is 0 Å². The summed E-state index contributed by atoms with van der Waals surface area (Å²) < 4.78 is 49.3. The summed E-state index contributed by atoms with van der Waals surface area (Å²) in [5, 5.41) is 2.40. The van der Waals surface area contributed by atoms with E-state index >= 15 is 0 Å². The van der Waals surface area contributed by atoms with Crippen LogP contribution >= 0.6 is 0 Å². The van der Waals surface area contributed by atoms with Crippen LogP contribution in [0.25, 0.3) is 21.7 Å². The first-order chi connectivity index (χ1) is 16.0. The zero-order valence-corrected chi connectivity index (χ0v) is 19.0. The standard InChI is InChI=1S/C25H26FN3O3S/c26-20(14-19-17-32-24-6-2-1-5-22(19)24)16-29-12-9-21(10-13-29)28-33(30,31)25-7-3-4-18-15-27-11-8-23(18)25/h1-8,11,15,17,20-21,28H,9-10,12-14,16H2. The minimum absolute atomic E-state index is 0.167. The average molecular weight is 468 g/mol. The summed E-state index contributed by atoms with van der Waals surface area (Å²) in [6, 6.07) is 14.4. The van der Waals surface area contributed by atoms with E-state index in [4.69, 9.17) is 4.42 Å². The van der Waals surface area contributed by atoms with Gasteiger partial charge in [0, 0.05) is 53.1 Å². The number of hydrogen-bond donors (Lipinski definition) is 1. The van der Waals surface area contributed by atoms with Crippen molar-refractivity contribution < 1.29 is 17.2 Å². The van der Waals surface area contributed by atoms with Gasteiger partial charge in [-0.05, 0) is 44.1 Å². The minimum atomic E-state index is -3.66. The minimum Gasteiger partial charge on any atom is -0.464 e. The number of rotatable bonds is 7. The third-order valence-corrected chi connectivity index (χ3v) is 7.88. The molecule has 0 radical (unpaired) electrons. The van der Waals surface area contributed by atoms with Gasteiger partial charge in [0.15, 0.2) is 0 Å². The van der Waals surface area contributed by atoms with E-state index in [0.29, 0.717) is 44.3 Å². The Kier molecular flexibility index (Phi) is 6.14. The van der Waals surface area contributed by atoms with Crippen LogP contribution in [0.1, 0.15) is 18.4 Å². The van der Waals surface area contributed by atoms with Crippen molar-refractivity contribution >= 4 is 31.8 Å². The molecular formula is C25H26FN3O3S. The molecule has 1 unspecified atom stereocenters. The largest absolute Gasteiger partial charge is 0.464 e. The lowest BCUT2D eigenvalue weighted by atomic mass is 10.0. The normalized spacial score (nSPS) is 17.0. The number of sulfonamides is 1. The molecule has 5 rings (SSSR count). The number of aromatic nitrogens is 1. The molecule has 1 aliphatic heterocycles. The third kappa shape index (κ3) is 4.78. The van der Waals surface area contributed by atoms with Crippen molar-refractivity contribution in [3.63, 3.8) is 0 Å². The Balaban J connectivity index is 1.17. The summed E-state index contributed by atoms with van der Waals surface area (Å²) in [6.45, 7) is 1.63. The number of alkyl halides is 1. The molecule has 33 heavy (non-hydrogen) atoms. The van der Waals surface area contributed by atoms with Gasteiger partial charge in [-0.1, -0.05) is 30.3 Å². The number of piperidine rings is 1. The summed E-state index contributed by atoms with van der Waals surface area (Å²) in [6.07, 6.45) is 5.48. The molecule has 172 valence electrons. The van der Waals surface area contributed by atoms with E-state index in [0.717, 1.165) is 21.9 Å². The van der Waals surface area contributed by atoms with E-state index in [1.807, 2.05) is 30.3 Å². The molecule has 0 bridgehead atoms. The quantitative estimate of drug-likeness (QED) is 0.439. The topological polar surface area (TPSA) is 75.4 Å². The Labute approximate surface area is 192 Å². The lowest BCUT2D eigenvalue weighted by Crippen LogP contribution is -2.46. The molecule has 2 aromatic heterocycles. The number of benzene rings is 2. The third-order valence-electron chi connectivity index (χ3n) is 6.30. The Morgan fingerprint density at radius 2 is 1.91 bits per heavy atom. The summed E-state index contributed by atoms with van der Waals surface area (Å²) >= 11 is 0. The lowest BCUT2D eigenvalue weighted by Gasteiger charge is -2.33. The van der Waals surface area contributed by atoms with Crippen molar-refractivity contribution in [2.75, 3.05) is 19.6 Å². The van der Waals surface area contributed by atoms with Gasteiger partial charge in [-0.25, -0.2) is 17.5 Å². The van der Waals surface area contributed by atoms with E-state index < -0.39 is 16.2 Å². The maximum Gasteiger partial charge on any atom is 0.241 e. The number of furan rings is 1. The van der Waals surface area contributed by atoms with Gasteiger partial charge >= 0.3 is 0 Å². The van der Waals surface area contributed by atoms with Crippen LogP contribution in [0.2, 0.25) is 0 Å². The average Bonchev–Trinajstić information content (AvgIpc) is 3.22. The number of pyridine rings is 1. The van der Waals surface area contributed by atoms with E-state index in [9.17, 15) is 12.8 Å². The fraction of sp³-hybridized carbons (Fsp3) is 0.320. The molecule has 1 aliphatic rings. The maximum atomic E-state index is 14.8. The molecule has 0 saturated carbocycles. The molecule has 8 heteroatoms. The van der Waals surface area contributed by atoms with Gasteiger partial charge in [0.05, 0.1) is 11.2 Å². The summed E-state index contributed by atoms with van der Waals surface area (Å²) in [7, 11) is -3.66. The van der Waals surface area contributed by atoms with Gasteiger partial charge in [-0.3, -0.25) is 4.98 Å². The number of likely N-dealkylation sites (tertiary alicyclic amines) is 1. The Bertz CT molecular complexity index is 1360. The van der Waals surface area contributed by atoms with Gasteiger partial charge in [0.2, 0.25) is 10.0 Å². The molecule has 2 aromatic carbocycles. The number of halogens is 1. The molecule has 1 fully saturated rings. The van der Waals surface area contributed by atoms with Gasteiger partial charge in [-0.2, -0.15) is 0 Å². The zero-order valence-electron chi connectivity index (χ0n) is 18.2. The number of para-hydroxylation sites is 1. The Hall–Kier alpha value is -2.81. The van der Waals surface area contributed by atoms with Crippen molar-refractivity contribution in [3.8, 4) is 0 Å². The molecule has 0 aliphatic carbocycles. The second-order valence-corrected chi connectivity index (χ2v) is 10.3. The van der Waals surface area contributed by atoms with E-state index in [1.165, 1.54) is 0 Å².